The average Bonchev–Trinajstić information content (AvgIpc) is 2.39. The number of aliphatic carboxylic acids is 1. The minimum atomic E-state index is -0.682. The van der Waals surface area contributed by atoms with Crippen molar-refractivity contribution in [2.75, 3.05) is 6.61 Å². The molecule has 0 atom stereocenters. The average molecular weight is 302 g/mol. The fourth-order valence-electron chi connectivity index (χ4n) is 1.53. The molecule has 0 bridgehead atoms. The maximum absolute atomic E-state index is 11.1. The van der Waals surface area contributed by atoms with E-state index in [0.29, 0.717) is 25.4 Å². The summed E-state index contributed by atoms with van der Waals surface area (Å²) in [6, 6.07) is 0. The Morgan fingerprint density at radius 2 is 1.48 bits per heavy atom. The van der Waals surface area contributed by atoms with Crippen LogP contribution in [-0.4, -0.2) is 23.7 Å². The second-order valence-electron chi connectivity index (χ2n) is 5.71. The van der Waals surface area contributed by atoms with Crippen LogP contribution in [0, 0.1) is 5.92 Å². The molecule has 0 aromatic carbocycles. The Kier molecular flexibility index (Phi) is 18.0. The molecule has 0 aromatic heterocycles. The molecular weight excluding hydrogens is 268 g/mol. The normalized spacial score (nSPS) is 9.95. The van der Waals surface area contributed by atoms with Gasteiger partial charge in [-0.25, -0.2) is 0 Å². The van der Waals surface area contributed by atoms with E-state index in [1.165, 1.54) is 0 Å². The van der Waals surface area contributed by atoms with Gasteiger partial charge in [0.25, 0.3) is 0 Å². The molecule has 0 spiro atoms. The summed E-state index contributed by atoms with van der Waals surface area (Å²) in [5.74, 6) is -0.101. The van der Waals surface area contributed by atoms with E-state index in [2.05, 4.69) is 27.7 Å². The zero-order valence-corrected chi connectivity index (χ0v) is 14.3. The monoisotopic (exact) mass is 302 g/mol. The van der Waals surface area contributed by atoms with Crippen molar-refractivity contribution in [2.45, 2.75) is 85.5 Å². The summed E-state index contributed by atoms with van der Waals surface area (Å²) in [4.78, 5) is 21.0. The molecule has 0 aliphatic heterocycles. The molecule has 4 nitrogen and oxygen atoms in total. The van der Waals surface area contributed by atoms with Crippen LogP contribution in [0.2, 0.25) is 0 Å². The molecule has 0 aliphatic carbocycles. The second-order valence-corrected chi connectivity index (χ2v) is 5.71. The van der Waals surface area contributed by atoms with Crippen molar-refractivity contribution in [1.82, 2.24) is 0 Å². The van der Waals surface area contributed by atoms with Gasteiger partial charge >= 0.3 is 11.9 Å². The van der Waals surface area contributed by atoms with Gasteiger partial charge in [0.1, 0.15) is 0 Å². The summed E-state index contributed by atoms with van der Waals surface area (Å²) in [6.45, 7) is 9.03. The SMILES string of the molecule is CCCCCC(=O)O.CCCCCC(=O)OCCC(C)C. The van der Waals surface area contributed by atoms with E-state index in [-0.39, 0.29) is 5.97 Å². The number of unbranched alkanes of at least 4 members (excludes halogenated alkanes) is 4. The van der Waals surface area contributed by atoms with E-state index < -0.39 is 5.97 Å². The van der Waals surface area contributed by atoms with Crippen LogP contribution in [0.3, 0.4) is 0 Å². The molecule has 0 aromatic rings. The van der Waals surface area contributed by atoms with E-state index in [0.717, 1.165) is 44.9 Å². The molecule has 0 fully saturated rings. The summed E-state index contributed by atoms with van der Waals surface area (Å²) < 4.78 is 5.06. The summed E-state index contributed by atoms with van der Waals surface area (Å²) >= 11 is 0. The fourth-order valence-corrected chi connectivity index (χ4v) is 1.53. The first-order chi connectivity index (χ1) is 9.93. The van der Waals surface area contributed by atoms with Crippen LogP contribution in [0.25, 0.3) is 0 Å². The number of carboxylic acids is 1. The Labute approximate surface area is 130 Å². The highest BCUT2D eigenvalue weighted by Gasteiger charge is 2.02. The third kappa shape index (κ3) is 24.4. The fraction of sp³-hybridized carbons (Fsp3) is 0.882. The molecule has 4 heteroatoms. The zero-order valence-electron chi connectivity index (χ0n) is 14.3. The molecule has 21 heavy (non-hydrogen) atoms. The van der Waals surface area contributed by atoms with Crippen LogP contribution >= 0.6 is 0 Å². The highest BCUT2D eigenvalue weighted by Crippen LogP contribution is 2.03. The Morgan fingerprint density at radius 3 is 1.90 bits per heavy atom. The first-order valence-corrected chi connectivity index (χ1v) is 8.31. The van der Waals surface area contributed by atoms with Crippen LogP contribution in [-0.2, 0) is 14.3 Å². The van der Waals surface area contributed by atoms with Crippen molar-refractivity contribution in [3.8, 4) is 0 Å². The molecule has 0 radical (unpaired) electrons. The number of carbonyl (C=O) groups excluding carboxylic acids is 1. The third-order valence-corrected chi connectivity index (χ3v) is 2.94. The van der Waals surface area contributed by atoms with Crippen molar-refractivity contribution in [3.05, 3.63) is 0 Å². The molecule has 0 heterocycles. The predicted octanol–water partition coefficient (Wildman–Crippen LogP) is 4.81. The molecule has 0 saturated heterocycles. The quantitative estimate of drug-likeness (QED) is 0.439. The van der Waals surface area contributed by atoms with E-state index in [1.54, 1.807) is 0 Å². The Bertz CT molecular complexity index is 249. The number of carbonyl (C=O) groups is 2. The number of ether oxygens (including phenoxy) is 1. The van der Waals surface area contributed by atoms with Gasteiger partial charge in [0, 0.05) is 12.8 Å². The zero-order chi connectivity index (χ0) is 16.5. The lowest BCUT2D eigenvalue weighted by molar-refractivity contribution is -0.144. The van der Waals surface area contributed by atoms with Gasteiger partial charge < -0.3 is 9.84 Å². The minimum absolute atomic E-state index is 0.0332. The van der Waals surface area contributed by atoms with Gasteiger partial charge in [0.05, 0.1) is 6.61 Å². The Hall–Kier alpha value is -1.06. The number of hydrogen-bond acceptors (Lipinski definition) is 3. The number of carboxylic acid groups (broad SMARTS) is 1. The second kappa shape index (κ2) is 17.0. The Balaban J connectivity index is 0. The van der Waals surface area contributed by atoms with E-state index in [9.17, 15) is 9.59 Å². The van der Waals surface area contributed by atoms with Gasteiger partial charge in [0.15, 0.2) is 0 Å². The summed E-state index contributed by atoms with van der Waals surface area (Å²) in [7, 11) is 0. The van der Waals surface area contributed by atoms with Crippen molar-refractivity contribution < 1.29 is 19.4 Å². The van der Waals surface area contributed by atoms with Crippen LogP contribution in [0.4, 0.5) is 0 Å². The predicted molar refractivity (Wildman–Crippen MR) is 86.3 cm³/mol. The Morgan fingerprint density at radius 1 is 0.952 bits per heavy atom. The van der Waals surface area contributed by atoms with Crippen molar-refractivity contribution in [2.24, 2.45) is 5.92 Å². The maximum Gasteiger partial charge on any atom is 0.305 e. The molecule has 0 amide bonds. The van der Waals surface area contributed by atoms with Gasteiger partial charge in [0.2, 0.25) is 0 Å². The minimum Gasteiger partial charge on any atom is -0.481 e. The summed E-state index contributed by atoms with van der Waals surface area (Å²) in [5.41, 5.74) is 0. The first-order valence-electron chi connectivity index (χ1n) is 8.31. The molecular formula is C17H34O4. The topological polar surface area (TPSA) is 63.6 Å². The highest BCUT2D eigenvalue weighted by molar-refractivity contribution is 5.69. The summed E-state index contributed by atoms with van der Waals surface area (Å²) in [5, 5.41) is 8.14. The van der Waals surface area contributed by atoms with Crippen molar-refractivity contribution in [1.29, 1.82) is 0 Å². The van der Waals surface area contributed by atoms with Gasteiger partial charge in [-0.2, -0.15) is 0 Å². The van der Waals surface area contributed by atoms with Gasteiger partial charge in [-0.15, -0.1) is 0 Å². The standard InChI is InChI=1S/C11H22O2.C6H12O2/c1-4-5-6-7-11(12)13-9-8-10(2)3;1-2-3-4-5-6(7)8/h10H,4-9H2,1-3H3;2-5H2,1H3,(H,7,8). The van der Waals surface area contributed by atoms with Gasteiger partial charge in [-0.1, -0.05) is 53.4 Å². The van der Waals surface area contributed by atoms with Crippen molar-refractivity contribution in [3.63, 3.8) is 0 Å². The lowest BCUT2D eigenvalue weighted by Crippen LogP contribution is -2.07. The lowest BCUT2D eigenvalue weighted by atomic mass is 10.1. The van der Waals surface area contributed by atoms with E-state index in [4.69, 9.17) is 9.84 Å². The molecule has 126 valence electrons. The van der Waals surface area contributed by atoms with Crippen LogP contribution in [0.5, 0.6) is 0 Å². The molecule has 0 unspecified atom stereocenters. The van der Waals surface area contributed by atoms with E-state index >= 15 is 0 Å². The number of rotatable bonds is 11. The maximum atomic E-state index is 11.1. The molecule has 1 N–H and O–H groups in total. The number of esters is 1. The summed E-state index contributed by atoms with van der Waals surface area (Å²) in [6.07, 6.45) is 8.08. The molecule has 0 saturated carbocycles. The molecule has 0 aliphatic rings. The largest absolute Gasteiger partial charge is 0.481 e. The molecule has 0 rings (SSSR count). The first kappa shape index (κ1) is 22.2. The van der Waals surface area contributed by atoms with E-state index in [1.807, 2.05) is 0 Å². The van der Waals surface area contributed by atoms with Crippen LogP contribution < -0.4 is 0 Å². The van der Waals surface area contributed by atoms with Gasteiger partial charge in [-0.3, -0.25) is 9.59 Å². The van der Waals surface area contributed by atoms with Crippen LogP contribution in [0.15, 0.2) is 0 Å². The third-order valence-electron chi connectivity index (χ3n) is 2.94. The highest BCUT2D eigenvalue weighted by atomic mass is 16.5. The van der Waals surface area contributed by atoms with Crippen molar-refractivity contribution >= 4 is 11.9 Å². The van der Waals surface area contributed by atoms with Gasteiger partial charge in [-0.05, 0) is 25.2 Å². The number of hydrogen-bond donors (Lipinski definition) is 1. The smallest absolute Gasteiger partial charge is 0.305 e. The lowest BCUT2D eigenvalue weighted by Gasteiger charge is -2.06. The van der Waals surface area contributed by atoms with Crippen LogP contribution in [0.1, 0.15) is 85.5 Å².